The number of fused-ring (bicyclic) bond motifs is 4. The molecule has 0 amide bonds. The number of piperazine rings is 1. The van der Waals surface area contributed by atoms with Crippen molar-refractivity contribution < 1.29 is 27.8 Å². The molecule has 2 saturated carbocycles. The fraction of sp³-hybridized carbons (Fsp3) is 0.486. The molecule has 5 fully saturated rings. The minimum atomic E-state index is -1.15. The number of hydrogen-bond acceptors (Lipinski definition) is 8. The van der Waals surface area contributed by atoms with Gasteiger partial charge >= 0.3 is 6.01 Å². The minimum absolute atomic E-state index is 0.0220. The van der Waals surface area contributed by atoms with E-state index in [4.69, 9.17) is 26.1 Å². The summed E-state index contributed by atoms with van der Waals surface area (Å²) >= 11 is 6.79. The van der Waals surface area contributed by atoms with Crippen molar-refractivity contribution in [2.75, 3.05) is 50.8 Å². The Balaban J connectivity index is 1.12. The molecule has 4 aromatic rings. The van der Waals surface area contributed by atoms with Gasteiger partial charge in [-0.05, 0) is 68.2 Å². The quantitative estimate of drug-likeness (QED) is 0.242. The van der Waals surface area contributed by atoms with Crippen molar-refractivity contribution in [2.45, 2.75) is 56.2 Å². The van der Waals surface area contributed by atoms with Gasteiger partial charge in [-0.1, -0.05) is 17.7 Å². The average Bonchev–Trinajstić information content (AvgIpc) is 3.96. The minimum Gasteiger partial charge on any atom is -0.508 e. The second-order valence-electron chi connectivity index (χ2n) is 14.3. The Morgan fingerprint density at radius 2 is 1.81 bits per heavy atom. The van der Waals surface area contributed by atoms with Crippen LogP contribution < -0.4 is 15.0 Å². The maximum absolute atomic E-state index is 16.9. The van der Waals surface area contributed by atoms with Crippen molar-refractivity contribution >= 4 is 39.1 Å². The van der Waals surface area contributed by atoms with Crippen LogP contribution in [0.1, 0.15) is 38.5 Å². The fourth-order valence-corrected chi connectivity index (χ4v) is 8.27. The Morgan fingerprint density at radius 3 is 2.55 bits per heavy atom. The molecule has 2 atom stereocenters. The van der Waals surface area contributed by atoms with Gasteiger partial charge in [0.2, 0.25) is 0 Å². The molecule has 1 aromatic heterocycles. The SMILES string of the molecule is Oc1cc(-c2c(Cl)cc3c(N4CC5CCC(C4)N5)nc(OCC4(CN5CCOC6(CC6)C5)CC4)nc3c2F)c2c(F)c(F)ccc2c1. The van der Waals surface area contributed by atoms with Crippen molar-refractivity contribution in [3.63, 3.8) is 0 Å². The monoisotopic (exact) mass is 665 g/mol. The van der Waals surface area contributed by atoms with Gasteiger partial charge in [-0.2, -0.15) is 9.97 Å². The Hall–Kier alpha value is -3.38. The van der Waals surface area contributed by atoms with Gasteiger partial charge in [0.05, 0.1) is 23.8 Å². The first-order valence-corrected chi connectivity index (χ1v) is 16.9. The first-order chi connectivity index (χ1) is 22.7. The highest BCUT2D eigenvalue weighted by molar-refractivity contribution is 6.35. The molecule has 2 aliphatic carbocycles. The topological polar surface area (TPSA) is 83.0 Å². The van der Waals surface area contributed by atoms with Crippen LogP contribution in [0.15, 0.2) is 30.3 Å². The lowest BCUT2D eigenvalue weighted by molar-refractivity contribution is -0.0532. The third kappa shape index (κ3) is 5.26. The van der Waals surface area contributed by atoms with Crippen LogP contribution in [-0.2, 0) is 4.74 Å². The number of morpholine rings is 1. The number of aromatic nitrogens is 2. The first-order valence-electron chi connectivity index (χ1n) is 16.5. The fourth-order valence-electron chi connectivity index (χ4n) is 7.98. The molecule has 3 aliphatic heterocycles. The number of nitrogens with zero attached hydrogens (tertiary/aromatic N) is 4. The highest BCUT2D eigenvalue weighted by Crippen LogP contribution is 2.49. The van der Waals surface area contributed by atoms with Gasteiger partial charge in [0.15, 0.2) is 17.5 Å². The van der Waals surface area contributed by atoms with E-state index < -0.39 is 17.5 Å². The van der Waals surface area contributed by atoms with Gasteiger partial charge in [-0.25, -0.2) is 13.2 Å². The molecule has 246 valence electrons. The lowest BCUT2D eigenvalue weighted by atomic mass is 9.95. The van der Waals surface area contributed by atoms with Gasteiger partial charge in [-0.15, -0.1) is 0 Å². The predicted octanol–water partition coefficient (Wildman–Crippen LogP) is 6.19. The maximum Gasteiger partial charge on any atom is 0.319 e. The lowest BCUT2D eigenvalue weighted by Crippen LogP contribution is -2.51. The molecule has 1 spiro atoms. The van der Waals surface area contributed by atoms with Gasteiger partial charge < -0.3 is 24.8 Å². The van der Waals surface area contributed by atoms with E-state index in [1.165, 1.54) is 18.2 Å². The standard InChI is InChI=1S/C35H35ClF3N5O3/c36-25-13-24-31(30(39)28(25)23-12-22(45)11-19-1-4-26(37)29(38)27(19)23)41-33(42-32(24)44-14-20-2-3-21(15-44)40-20)46-18-34(5-6-34)16-43-9-10-47-35(17-43)7-8-35/h1,4,11-13,20-21,40,45H,2-3,5-10,14-18H2. The summed E-state index contributed by atoms with van der Waals surface area (Å²) in [6.45, 7) is 5.27. The zero-order valence-electron chi connectivity index (χ0n) is 25.8. The van der Waals surface area contributed by atoms with Gasteiger partial charge in [0.1, 0.15) is 17.1 Å². The number of rotatable bonds is 7. The number of ether oxygens (including phenoxy) is 2. The second kappa shape index (κ2) is 10.8. The van der Waals surface area contributed by atoms with E-state index in [9.17, 15) is 9.50 Å². The summed E-state index contributed by atoms with van der Waals surface area (Å²) < 4.78 is 58.9. The molecular formula is C35H35ClF3N5O3. The van der Waals surface area contributed by atoms with Gasteiger partial charge in [-0.3, -0.25) is 4.90 Å². The predicted molar refractivity (Wildman–Crippen MR) is 173 cm³/mol. The summed E-state index contributed by atoms with van der Waals surface area (Å²) in [6, 6.07) is 7.03. The van der Waals surface area contributed by atoms with Crippen LogP contribution in [0, 0.1) is 22.9 Å². The van der Waals surface area contributed by atoms with E-state index in [1.807, 2.05) is 0 Å². The molecule has 47 heavy (non-hydrogen) atoms. The van der Waals surface area contributed by atoms with Crippen LogP contribution in [0.25, 0.3) is 32.8 Å². The van der Waals surface area contributed by atoms with Gasteiger partial charge in [0, 0.05) is 72.1 Å². The maximum atomic E-state index is 16.9. The smallest absolute Gasteiger partial charge is 0.319 e. The van der Waals surface area contributed by atoms with Crippen molar-refractivity contribution in [1.82, 2.24) is 20.2 Å². The largest absolute Gasteiger partial charge is 0.508 e. The summed E-state index contributed by atoms with van der Waals surface area (Å²) in [6.07, 6.45) is 6.38. The molecular weight excluding hydrogens is 631 g/mol. The Bertz CT molecular complexity index is 1920. The van der Waals surface area contributed by atoms with Crippen molar-refractivity contribution in [3.05, 3.63) is 52.8 Å². The summed E-state index contributed by atoms with van der Waals surface area (Å²) in [4.78, 5) is 14.1. The molecule has 4 heterocycles. The number of phenolic OH excluding ortho intramolecular Hbond substituents is 1. The normalized spacial score (nSPS) is 24.4. The molecule has 2 unspecified atom stereocenters. The molecule has 0 radical (unpaired) electrons. The Kier molecular flexibility index (Phi) is 6.84. The molecule has 2 bridgehead atoms. The van der Waals surface area contributed by atoms with Crippen LogP contribution in [0.5, 0.6) is 11.8 Å². The number of nitrogens with one attached hydrogen (secondary N) is 1. The second-order valence-corrected chi connectivity index (χ2v) is 14.7. The van der Waals surface area contributed by atoms with E-state index in [0.29, 0.717) is 30.9 Å². The number of anilines is 1. The molecule has 5 aliphatic rings. The van der Waals surface area contributed by atoms with E-state index in [1.54, 1.807) is 6.07 Å². The van der Waals surface area contributed by atoms with Crippen molar-refractivity contribution in [2.24, 2.45) is 5.41 Å². The van der Waals surface area contributed by atoms with Crippen LogP contribution in [0.2, 0.25) is 5.02 Å². The van der Waals surface area contributed by atoms with E-state index >= 15 is 8.78 Å². The molecule has 3 saturated heterocycles. The number of halogens is 4. The summed E-state index contributed by atoms with van der Waals surface area (Å²) in [7, 11) is 0. The summed E-state index contributed by atoms with van der Waals surface area (Å²) in [5.74, 6) is -2.77. The van der Waals surface area contributed by atoms with Crippen LogP contribution in [0.3, 0.4) is 0 Å². The van der Waals surface area contributed by atoms with Crippen LogP contribution in [0.4, 0.5) is 19.0 Å². The Labute approximate surface area is 274 Å². The molecule has 9 rings (SSSR count). The highest BCUT2D eigenvalue weighted by Gasteiger charge is 2.51. The summed E-state index contributed by atoms with van der Waals surface area (Å²) in [5.41, 5.74) is -0.260. The highest BCUT2D eigenvalue weighted by atomic mass is 35.5. The van der Waals surface area contributed by atoms with E-state index in [2.05, 4.69) is 20.1 Å². The third-order valence-electron chi connectivity index (χ3n) is 10.8. The summed E-state index contributed by atoms with van der Waals surface area (Å²) in [5, 5.41) is 14.5. The molecule has 2 N–H and O–H groups in total. The third-order valence-corrected chi connectivity index (χ3v) is 11.1. The number of phenols is 1. The molecule has 3 aromatic carbocycles. The average molecular weight is 666 g/mol. The van der Waals surface area contributed by atoms with Crippen molar-refractivity contribution in [3.8, 4) is 22.9 Å². The number of benzene rings is 3. The van der Waals surface area contributed by atoms with E-state index in [0.717, 1.165) is 70.8 Å². The van der Waals surface area contributed by atoms with Crippen LogP contribution >= 0.6 is 11.6 Å². The van der Waals surface area contributed by atoms with Crippen molar-refractivity contribution in [1.29, 1.82) is 0 Å². The zero-order chi connectivity index (χ0) is 32.1. The first kappa shape index (κ1) is 29.7. The number of aromatic hydroxyl groups is 1. The van der Waals surface area contributed by atoms with E-state index in [-0.39, 0.29) is 67.3 Å². The van der Waals surface area contributed by atoms with Crippen LogP contribution in [-0.4, -0.2) is 83.6 Å². The lowest BCUT2D eigenvalue weighted by Gasteiger charge is -2.35. The zero-order valence-corrected chi connectivity index (χ0v) is 26.6. The van der Waals surface area contributed by atoms with Gasteiger partial charge in [0.25, 0.3) is 0 Å². The molecule has 8 nitrogen and oxygen atoms in total. The molecule has 12 heteroatoms. The Morgan fingerprint density at radius 1 is 1.02 bits per heavy atom. The number of hydrogen-bond donors (Lipinski definition) is 2.